The van der Waals surface area contributed by atoms with E-state index >= 15 is 0 Å². The van der Waals surface area contributed by atoms with Crippen LogP contribution in [0.25, 0.3) is 5.57 Å². The molecule has 0 aliphatic heterocycles. The Morgan fingerprint density at radius 3 is 2.76 bits per heavy atom. The molecule has 7 nitrogen and oxygen atoms in total. The van der Waals surface area contributed by atoms with E-state index in [2.05, 4.69) is 38.7 Å². The molecule has 0 spiro atoms. The van der Waals surface area contributed by atoms with Crippen LogP contribution in [0.4, 0.5) is 4.79 Å². The van der Waals surface area contributed by atoms with Crippen molar-refractivity contribution in [1.82, 2.24) is 20.8 Å². The number of urea groups is 1. The molecular weight excluding hydrogens is 390 g/mol. The van der Waals surface area contributed by atoms with E-state index in [0.717, 1.165) is 12.0 Å². The zero-order chi connectivity index (χ0) is 20.8. The number of carbonyl (C=O) groups is 2. The summed E-state index contributed by atoms with van der Waals surface area (Å²) in [6, 6.07) is 10.5. The van der Waals surface area contributed by atoms with Gasteiger partial charge < -0.3 is 10.6 Å². The maximum atomic E-state index is 11.4. The Hall–Kier alpha value is -3.68. The highest BCUT2D eigenvalue weighted by atomic mass is 35.5. The molecule has 0 radical (unpaired) electrons. The van der Waals surface area contributed by atoms with Gasteiger partial charge in [0, 0.05) is 30.6 Å². The van der Waals surface area contributed by atoms with Crippen molar-refractivity contribution >= 4 is 29.5 Å². The third kappa shape index (κ3) is 4.78. The van der Waals surface area contributed by atoms with Crippen LogP contribution in [0.5, 0.6) is 0 Å². The Balaban J connectivity index is 1.80. The fourth-order valence-corrected chi connectivity index (χ4v) is 2.97. The standard InChI is InChI=1S/C21H16ClN5O2/c1-24-21(29)25-11-16(12-28)19-9-18(20(22)27-26-19)17-8-14(17)7-6-13-4-2-3-5-15(13)10-23/h2-5,9,11-12,14,17H,8H2,1H3,(H2,24,25,29)/b16-11+. The summed E-state index contributed by atoms with van der Waals surface area (Å²) in [6.07, 6.45) is 2.64. The van der Waals surface area contributed by atoms with E-state index in [1.807, 2.05) is 12.1 Å². The molecule has 1 aromatic heterocycles. The molecule has 0 saturated heterocycles. The molecule has 1 aliphatic rings. The summed E-state index contributed by atoms with van der Waals surface area (Å²) in [5.41, 5.74) is 2.45. The van der Waals surface area contributed by atoms with Crippen LogP contribution < -0.4 is 10.6 Å². The molecule has 1 aromatic carbocycles. The van der Waals surface area contributed by atoms with Gasteiger partial charge in [0.05, 0.1) is 16.8 Å². The monoisotopic (exact) mass is 405 g/mol. The van der Waals surface area contributed by atoms with Crippen LogP contribution in [0.15, 0.2) is 36.5 Å². The Kier molecular flexibility index (Phi) is 6.23. The Morgan fingerprint density at radius 1 is 1.31 bits per heavy atom. The van der Waals surface area contributed by atoms with E-state index in [-0.39, 0.29) is 22.6 Å². The van der Waals surface area contributed by atoms with E-state index in [0.29, 0.717) is 23.1 Å². The number of aldehydes is 1. The van der Waals surface area contributed by atoms with Gasteiger partial charge in [-0.25, -0.2) is 4.79 Å². The molecule has 2 atom stereocenters. The average molecular weight is 406 g/mol. The molecule has 2 amide bonds. The van der Waals surface area contributed by atoms with E-state index in [1.54, 1.807) is 18.2 Å². The highest BCUT2D eigenvalue weighted by Crippen LogP contribution is 2.49. The summed E-state index contributed by atoms with van der Waals surface area (Å²) in [7, 11) is 1.47. The minimum atomic E-state index is -0.457. The molecule has 1 aliphatic carbocycles. The second-order valence-corrected chi connectivity index (χ2v) is 6.65. The summed E-state index contributed by atoms with van der Waals surface area (Å²) < 4.78 is 0. The first-order valence-electron chi connectivity index (χ1n) is 8.75. The lowest BCUT2D eigenvalue weighted by atomic mass is 10.1. The molecule has 1 heterocycles. The number of amides is 2. The summed E-state index contributed by atoms with van der Waals surface area (Å²) >= 11 is 6.21. The first-order valence-corrected chi connectivity index (χ1v) is 9.13. The number of halogens is 1. The largest absolute Gasteiger partial charge is 0.341 e. The number of benzene rings is 1. The van der Waals surface area contributed by atoms with Crippen molar-refractivity contribution in [3.05, 3.63) is 64.1 Å². The smallest absolute Gasteiger partial charge is 0.318 e. The van der Waals surface area contributed by atoms with Crippen molar-refractivity contribution in [2.45, 2.75) is 12.3 Å². The van der Waals surface area contributed by atoms with Gasteiger partial charge >= 0.3 is 6.03 Å². The Bertz CT molecular complexity index is 1090. The fourth-order valence-electron chi connectivity index (χ4n) is 2.73. The number of nitrogens with one attached hydrogen (secondary N) is 2. The normalized spacial score (nSPS) is 17.3. The van der Waals surface area contributed by atoms with Crippen LogP contribution in [0.1, 0.15) is 34.7 Å². The molecule has 2 unspecified atom stereocenters. The lowest BCUT2D eigenvalue weighted by Gasteiger charge is -2.05. The van der Waals surface area contributed by atoms with Gasteiger partial charge in [-0.1, -0.05) is 35.6 Å². The molecule has 2 N–H and O–H groups in total. The number of carbonyl (C=O) groups excluding carboxylic acids is 2. The zero-order valence-electron chi connectivity index (χ0n) is 15.4. The fraction of sp³-hybridized carbons (Fsp3) is 0.190. The molecule has 8 heteroatoms. The highest BCUT2D eigenvalue weighted by Gasteiger charge is 2.39. The molecule has 29 heavy (non-hydrogen) atoms. The average Bonchev–Trinajstić information content (AvgIpc) is 3.53. The highest BCUT2D eigenvalue weighted by molar-refractivity contribution is 6.30. The summed E-state index contributed by atoms with van der Waals surface area (Å²) in [6.45, 7) is 0. The second-order valence-electron chi connectivity index (χ2n) is 6.29. The van der Waals surface area contributed by atoms with Crippen molar-refractivity contribution in [2.75, 3.05) is 7.05 Å². The number of rotatable bonds is 4. The van der Waals surface area contributed by atoms with Gasteiger partial charge in [0.1, 0.15) is 6.07 Å². The number of nitriles is 1. The Labute approximate surface area is 172 Å². The van der Waals surface area contributed by atoms with Gasteiger partial charge in [-0.2, -0.15) is 5.26 Å². The van der Waals surface area contributed by atoms with Gasteiger partial charge in [-0.15, -0.1) is 10.2 Å². The number of nitrogens with zero attached hydrogens (tertiary/aromatic N) is 3. The SMILES string of the molecule is CNC(=O)N/C=C(\C=O)c1cc(C2CC2C#Cc2ccccc2C#N)c(Cl)nn1. The van der Waals surface area contributed by atoms with E-state index < -0.39 is 6.03 Å². The van der Waals surface area contributed by atoms with Gasteiger partial charge in [-0.3, -0.25) is 4.79 Å². The van der Waals surface area contributed by atoms with Crippen molar-refractivity contribution in [1.29, 1.82) is 5.26 Å². The number of hydrogen-bond donors (Lipinski definition) is 2. The summed E-state index contributed by atoms with van der Waals surface area (Å²) in [5.74, 6) is 6.38. The molecule has 3 rings (SSSR count). The maximum Gasteiger partial charge on any atom is 0.318 e. The first-order chi connectivity index (χ1) is 14.1. The molecule has 1 saturated carbocycles. The van der Waals surface area contributed by atoms with Crippen LogP contribution in [0, 0.1) is 29.1 Å². The predicted molar refractivity (Wildman–Crippen MR) is 108 cm³/mol. The van der Waals surface area contributed by atoms with Crippen LogP contribution in [0.2, 0.25) is 5.15 Å². The van der Waals surface area contributed by atoms with E-state index in [1.165, 1.54) is 13.2 Å². The molecule has 0 bridgehead atoms. The number of allylic oxidation sites excluding steroid dienone is 1. The molecule has 1 fully saturated rings. The summed E-state index contributed by atoms with van der Waals surface area (Å²) in [4.78, 5) is 22.7. The third-order valence-electron chi connectivity index (χ3n) is 4.41. The number of hydrogen-bond acceptors (Lipinski definition) is 5. The van der Waals surface area contributed by atoms with Gasteiger partial charge in [-0.05, 0) is 30.2 Å². The van der Waals surface area contributed by atoms with Crippen LogP contribution in [0.3, 0.4) is 0 Å². The Morgan fingerprint density at radius 2 is 2.07 bits per heavy atom. The van der Waals surface area contributed by atoms with Crippen molar-refractivity contribution in [3.63, 3.8) is 0 Å². The van der Waals surface area contributed by atoms with Gasteiger partial charge in [0.15, 0.2) is 11.4 Å². The van der Waals surface area contributed by atoms with Crippen molar-refractivity contribution in [2.24, 2.45) is 5.92 Å². The number of aromatic nitrogens is 2. The molecular formula is C21H16ClN5O2. The minimum Gasteiger partial charge on any atom is -0.341 e. The minimum absolute atomic E-state index is 0.0679. The van der Waals surface area contributed by atoms with Crippen molar-refractivity contribution in [3.8, 4) is 17.9 Å². The zero-order valence-corrected chi connectivity index (χ0v) is 16.2. The lowest BCUT2D eigenvalue weighted by molar-refractivity contribution is -0.103. The van der Waals surface area contributed by atoms with Crippen LogP contribution in [-0.2, 0) is 4.79 Å². The van der Waals surface area contributed by atoms with Crippen molar-refractivity contribution < 1.29 is 9.59 Å². The maximum absolute atomic E-state index is 11.4. The van der Waals surface area contributed by atoms with Gasteiger partial charge in [0.2, 0.25) is 0 Å². The molecule has 144 valence electrons. The van der Waals surface area contributed by atoms with E-state index in [9.17, 15) is 9.59 Å². The molecule has 2 aromatic rings. The first kappa shape index (κ1) is 20.1. The predicted octanol–water partition coefficient (Wildman–Crippen LogP) is 2.63. The second kappa shape index (κ2) is 9.01. The quantitative estimate of drug-likeness (QED) is 0.462. The van der Waals surface area contributed by atoms with Crippen LogP contribution >= 0.6 is 11.6 Å². The van der Waals surface area contributed by atoms with Gasteiger partial charge in [0.25, 0.3) is 0 Å². The third-order valence-corrected chi connectivity index (χ3v) is 4.71. The van der Waals surface area contributed by atoms with E-state index in [4.69, 9.17) is 16.9 Å². The lowest BCUT2D eigenvalue weighted by Crippen LogP contribution is -2.28. The van der Waals surface area contributed by atoms with Crippen LogP contribution in [-0.4, -0.2) is 29.6 Å². The topological polar surface area (TPSA) is 108 Å². The summed E-state index contributed by atoms with van der Waals surface area (Å²) in [5, 5.41) is 22.1.